The van der Waals surface area contributed by atoms with Gasteiger partial charge in [-0.1, -0.05) is 30.3 Å². The van der Waals surface area contributed by atoms with Gasteiger partial charge in [0.25, 0.3) is 5.91 Å². The van der Waals surface area contributed by atoms with E-state index in [1.807, 2.05) is 41.3 Å². The van der Waals surface area contributed by atoms with Gasteiger partial charge >= 0.3 is 0 Å². The van der Waals surface area contributed by atoms with Gasteiger partial charge < -0.3 is 19.7 Å². The lowest BCUT2D eigenvalue weighted by atomic mass is 9.94. The summed E-state index contributed by atoms with van der Waals surface area (Å²) in [7, 11) is 0. The van der Waals surface area contributed by atoms with Crippen LogP contribution < -0.4 is 14.8 Å². The summed E-state index contributed by atoms with van der Waals surface area (Å²) in [4.78, 5) is 28.0. The molecule has 1 saturated heterocycles. The predicted octanol–water partition coefficient (Wildman–Crippen LogP) is 3.08. The molecule has 1 unspecified atom stereocenters. The summed E-state index contributed by atoms with van der Waals surface area (Å²) in [5, 5.41) is 7.27. The third kappa shape index (κ3) is 4.03. The Morgan fingerprint density at radius 3 is 2.53 bits per heavy atom. The summed E-state index contributed by atoms with van der Waals surface area (Å²) in [6.45, 7) is 1.26. The SMILES string of the molecule is O=C(Nc1ccc2c(c1)OCO2)C1CCN(C(=O)C(c2ccccc2)n2cccn2)CC1. The standard InChI is InChI=1S/C24H24N4O4/c29-23(26-19-7-8-20-21(15-19)32-16-31-20)18-9-13-27(14-10-18)24(30)22(28-12-4-11-25-28)17-5-2-1-3-6-17/h1-8,11-12,15,18,22H,9-10,13-14,16H2,(H,26,29). The highest BCUT2D eigenvalue weighted by molar-refractivity contribution is 5.93. The number of fused-ring (bicyclic) bond motifs is 1. The van der Waals surface area contributed by atoms with Crippen molar-refractivity contribution in [1.82, 2.24) is 14.7 Å². The zero-order valence-corrected chi connectivity index (χ0v) is 17.5. The van der Waals surface area contributed by atoms with Crippen LogP contribution in [0.2, 0.25) is 0 Å². The Kier molecular flexibility index (Phi) is 5.49. The highest BCUT2D eigenvalue weighted by Gasteiger charge is 2.32. The van der Waals surface area contributed by atoms with Crippen LogP contribution in [0.4, 0.5) is 5.69 Å². The molecule has 2 aliphatic rings. The van der Waals surface area contributed by atoms with Gasteiger partial charge in [0.05, 0.1) is 0 Å². The number of nitrogens with zero attached hydrogens (tertiary/aromatic N) is 3. The number of amides is 2. The second-order valence-corrected chi connectivity index (χ2v) is 7.96. The maximum absolute atomic E-state index is 13.4. The Balaban J connectivity index is 1.22. The minimum absolute atomic E-state index is 0.00507. The van der Waals surface area contributed by atoms with Crippen molar-refractivity contribution in [1.29, 1.82) is 0 Å². The summed E-state index contributed by atoms with van der Waals surface area (Å²) >= 11 is 0. The Bertz CT molecular complexity index is 1090. The van der Waals surface area contributed by atoms with Crippen LogP contribution in [-0.2, 0) is 9.59 Å². The monoisotopic (exact) mass is 432 g/mol. The van der Waals surface area contributed by atoms with Gasteiger partial charge in [-0.2, -0.15) is 5.10 Å². The molecule has 0 bridgehead atoms. The third-order valence-corrected chi connectivity index (χ3v) is 5.96. The van der Waals surface area contributed by atoms with Gasteiger partial charge in [0, 0.05) is 43.2 Å². The number of benzene rings is 2. The molecule has 1 N–H and O–H groups in total. The molecule has 2 aliphatic heterocycles. The van der Waals surface area contributed by atoms with E-state index >= 15 is 0 Å². The van der Waals surface area contributed by atoms with Crippen LogP contribution in [0.5, 0.6) is 11.5 Å². The number of anilines is 1. The van der Waals surface area contributed by atoms with Gasteiger partial charge in [0.1, 0.15) is 0 Å². The number of aromatic nitrogens is 2. The molecule has 164 valence electrons. The van der Waals surface area contributed by atoms with E-state index in [2.05, 4.69) is 10.4 Å². The first-order chi connectivity index (χ1) is 15.7. The van der Waals surface area contributed by atoms with E-state index in [4.69, 9.17) is 9.47 Å². The fourth-order valence-corrected chi connectivity index (χ4v) is 4.23. The average molecular weight is 432 g/mol. The molecule has 0 spiro atoms. The van der Waals surface area contributed by atoms with Crippen molar-refractivity contribution in [2.75, 3.05) is 25.2 Å². The van der Waals surface area contributed by atoms with Gasteiger partial charge in [-0.3, -0.25) is 14.3 Å². The number of ether oxygens (including phenoxy) is 2. The summed E-state index contributed by atoms with van der Waals surface area (Å²) < 4.78 is 12.4. The van der Waals surface area contributed by atoms with Crippen molar-refractivity contribution in [2.24, 2.45) is 5.92 Å². The molecule has 3 aromatic rings. The van der Waals surface area contributed by atoms with Gasteiger partial charge in [0.2, 0.25) is 12.7 Å². The van der Waals surface area contributed by atoms with Crippen molar-refractivity contribution in [3.05, 3.63) is 72.6 Å². The number of likely N-dealkylation sites (tertiary alicyclic amines) is 1. The molecule has 2 aromatic carbocycles. The molecule has 1 fully saturated rings. The Morgan fingerprint density at radius 1 is 1.00 bits per heavy atom. The lowest BCUT2D eigenvalue weighted by Gasteiger charge is -2.34. The van der Waals surface area contributed by atoms with Crippen molar-refractivity contribution < 1.29 is 19.1 Å². The molecule has 5 rings (SSSR count). The van der Waals surface area contributed by atoms with Gasteiger partial charge in [-0.25, -0.2) is 0 Å². The molecule has 32 heavy (non-hydrogen) atoms. The quantitative estimate of drug-likeness (QED) is 0.670. The van der Waals surface area contributed by atoms with Crippen LogP contribution >= 0.6 is 0 Å². The van der Waals surface area contributed by atoms with Crippen molar-refractivity contribution in [3.63, 3.8) is 0 Å². The molecule has 0 saturated carbocycles. The Morgan fingerprint density at radius 2 is 1.78 bits per heavy atom. The van der Waals surface area contributed by atoms with E-state index in [0.29, 0.717) is 43.1 Å². The molecular weight excluding hydrogens is 408 g/mol. The molecule has 1 aromatic heterocycles. The minimum Gasteiger partial charge on any atom is -0.454 e. The van der Waals surface area contributed by atoms with Crippen LogP contribution in [0.15, 0.2) is 67.0 Å². The van der Waals surface area contributed by atoms with E-state index in [0.717, 1.165) is 5.56 Å². The van der Waals surface area contributed by atoms with E-state index in [-0.39, 0.29) is 24.5 Å². The van der Waals surface area contributed by atoms with Crippen LogP contribution in [0.3, 0.4) is 0 Å². The van der Waals surface area contributed by atoms with Gasteiger partial charge in [0.15, 0.2) is 17.5 Å². The van der Waals surface area contributed by atoms with Crippen molar-refractivity contribution in [3.8, 4) is 11.5 Å². The summed E-state index contributed by atoms with van der Waals surface area (Å²) in [5.41, 5.74) is 1.57. The summed E-state index contributed by atoms with van der Waals surface area (Å²) in [6, 6.07) is 16.3. The van der Waals surface area contributed by atoms with Crippen LogP contribution in [0, 0.1) is 5.92 Å². The number of carbonyl (C=O) groups excluding carboxylic acids is 2. The number of hydrogen-bond donors (Lipinski definition) is 1. The van der Waals surface area contributed by atoms with Crippen molar-refractivity contribution in [2.45, 2.75) is 18.9 Å². The largest absolute Gasteiger partial charge is 0.454 e. The van der Waals surface area contributed by atoms with Gasteiger partial charge in [-0.05, 0) is 36.6 Å². The molecule has 0 radical (unpaired) electrons. The van der Waals surface area contributed by atoms with E-state index in [9.17, 15) is 9.59 Å². The van der Waals surface area contributed by atoms with Gasteiger partial charge in [-0.15, -0.1) is 0 Å². The van der Waals surface area contributed by atoms with Crippen molar-refractivity contribution >= 4 is 17.5 Å². The highest BCUT2D eigenvalue weighted by Crippen LogP contribution is 2.34. The smallest absolute Gasteiger partial charge is 0.252 e. The maximum atomic E-state index is 13.4. The fraction of sp³-hybridized carbons (Fsp3) is 0.292. The molecule has 8 heteroatoms. The predicted molar refractivity (Wildman–Crippen MR) is 117 cm³/mol. The molecule has 1 atom stereocenters. The normalized spacial score (nSPS) is 16.6. The minimum atomic E-state index is -0.509. The molecular formula is C24H24N4O4. The number of nitrogens with one attached hydrogen (secondary N) is 1. The van der Waals surface area contributed by atoms with E-state index in [1.54, 1.807) is 35.3 Å². The maximum Gasteiger partial charge on any atom is 0.252 e. The Hall–Kier alpha value is -3.81. The van der Waals surface area contributed by atoms with E-state index in [1.165, 1.54) is 0 Å². The zero-order chi connectivity index (χ0) is 21.9. The lowest BCUT2D eigenvalue weighted by Crippen LogP contribution is -2.44. The number of rotatable bonds is 5. The Labute approximate surface area is 185 Å². The second-order valence-electron chi connectivity index (χ2n) is 7.96. The molecule has 3 heterocycles. The van der Waals surface area contributed by atoms with Crippen LogP contribution in [0.1, 0.15) is 24.4 Å². The second kappa shape index (κ2) is 8.74. The summed E-state index contributed by atoms with van der Waals surface area (Å²) in [6.07, 6.45) is 4.71. The van der Waals surface area contributed by atoms with E-state index < -0.39 is 6.04 Å². The fourth-order valence-electron chi connectivity index (χ4n) is 4.23. The van der Waals surface area contributed by atoms with Crippen LogP contribution in [0.25, 0.3) is 0 Å². The first-order valence-electron chi connectivity index (χ1n) is 10.7. The summed E-state index contributed by atoms with van der Waals surface area (Å²) in [5.74, 6) is 1.12. The first-order valence-corrected chi connectivity index (χ1v) is 10.7. The molecule has 2 amide bonds. The molecule has 0 aliphatic carbocycles. The topological polar surface area (TPSA) is 85.7 Å². The first kappa shape index (κ1) is 20.1. The lowest BCUT2D eigenvalue weighted by molar-refractivity contribution is -0.136. The number of piperidine rings is 1. The number of carbonyl (C=O) groups is 2. The highest BCUT2D eigenvalue weighted by atomic mass is 16.7. The van der Waals surface area contributed by atoms with Crippen LogP contribution in [-0.4, -0.2) is 46.4 Å². The number of hydrogen-bond acceptors (Lipinski definition) is 5. The molecule has 8 nitrogen and oxygen atoms in total. The zero-order valence-electron chi connectivity index (χ0n) is 17.5. The average Bonchev–Trinajstić information content (AvgIpc) is 3.52. The third-order valence-electron chi connectivity index (χ3n) is 5.96.